The first-order valence-corrected chi connectivity index (χ1v) is 6.01. The van der Waals surface area contributed by atoms with E-state index in [2.05, 4.69) is 14.3 Å². The topological polar surface area (TPSA) is 73.9 Å². The first kappa shape index (κ1) is 15.0. The second kappa shape index (κ2) is 6.75. The average molecular weight is 287 g/mol. The fourth-order valence-corrected chi connectivity index (χ4v) is 2.00. The van der Waals surface area contributed by atoms with Gasteiger partial charge >= 0.3 is 0 Å². The van der Waals surface area contributed by atoms with Gasteiger partial charge in [0.2, 0.25) is 0 Å². The molecule has 98 valence electrons. The second-order valence-corrected chi connectivity index (χ2v) is 4.50. The summed E-state index contributed by atoms with van der Waals surface area (Å²) < 4.78 is 9.33. The van der Waals surface area contributed by atoms with E-state index >= 15 is 0 Å². The van der Waals surface area contributed by atoms with Gasteiger partial charge in [-0.1, -0.05) is 0 Å². The summed E-state index contributed by atoms with van der Waals surface area (Å²) in [6.45, 7) is 2.38. The van der Waals surface area contributed by atoms with Crippen molar-refractivity contribution in [3.8, 4) is 11.4 Å². The summed E-state index contributed by atoms with van der Waals surface area (Å²) >= 11 is 1.33. The van der Waals surface area contributed by atoms with Crippen LogP contribution in [-0.2, 0) is 11.3 Å². The molecule has 0 aliphatic rings. The fourth-order valence-electron chi connectivity index (χ4n) is 1.38. The average Bonchev–Trinajstić information content (AvgIpc) is 2.79. The van der Waals surface area contributed by atoms with Gasteiger partial charge in [0.15, 0.2) is 5.82 Å². The number of pyridine rings is 1. The zero-order chi connectivity index (χ0) is 12.3. The minimum Gasteiger partial charge on any atom is -0.378 e. The van der Waals surface area contributed by atoms with Crippen molar-refractivity contribution in [2.75, 3.05) is 7.11 Å². The molecule has 2 aromatic heterocycles. The minimum atomic E-state index is -0.0819. The molecule has 0 aliphatic heterocycles. The van der Waals surface area contributed by atoms with Gasteiger partial charge in [0.05, 0.1) is 18.3 Å². The molecule has 1 atom stereocenters. The molecule has 1 unspecified atom stereocenters. The molecular formula is C11H15ClN4OS. The SMILES string of the molecule is COCc1cc(-c2nsc(C(C)N)n2)ccn1.Cl. The highest BCUT2D eigenvalue weighted by atomic mass is 35.5. The number of methoxy groups -OCH3 is 1. The number of rotatable bonds is 4. The molecule has 0 amide bonds. The highest BCUT2D eigenvalue weighted by Gasteiger charge is 2.10. The highest BCUT2D eigenvalue weighted by Crippen LogP contribution is 2.21. The quantitative estimate of drug-likeness (QED) is 0.932. The molecule has 0 fully saturated rings. The van der Waals surface area contributed by atoms with Gasteiger partial charge in [0, 0.05) is 18.9 Å². The number of hydrogen-bond donors (Lipinski definition) is 1. The molecule has 18 heavy (non-hydrogen) atoms. The van der Waals surface area contributed by atoms with E-state index in [0.29, 0.717) is 12.4 Å². The smallest absolute Gasteiger partial charge is 0.173 e. The number of nitrogens with zero attached hydrogens (tertiary/aromatic N) is 3. The standard InChI is InChI=1S/C11H14N4OS.ClH/c1-7(12)11-14-10(15-17-11)8-3-4-13-9(5-8)6-16-2;/h3-5,7H,6,12H2,1-2H3;1H. The van der Waals surface area contributed by atoms with Crippen molar-refractivity contribution >= 4 is 23.9 Å². The van der Waals surface area contributed by atoms with Gasteiger partial charge in [0.1, 0.15) is 5.01 Å². The molecule has 2 N–H and O–H groups in total. The van der Waals surface area contributed by atoms with Crippen molar-refractivity contribution in [3.63, 3.8) is 0 Å². The summed E-state index contributed by atoms with van der Waals surface area (Å²) in [6, 6.07) is 3.73. The van der Waals surface area contributed by atoms with Crippen LogP contribution in [0.25, 0.3) is 11.4 Å². The largest absolute Gasteiger partial charge is 0.378 e. The number of aromatic nitrogens is 3. The van der Waals surface area contributed by atoms with E-state index in [1.165, 1.54) is 11.5 Å². The van der Waals surface area contributed by atoms with Crippen LogP contribution in [0.15, 0.2) is 18.3 Å². The van der Waals surface area contributed by atoms with Gasteiger partial charge in [0.25, 0.3) is 0 Å². The van der Waals surface area contributed by atoms with Gasteiger partial charge < -0.3 is 10.5 Å². The Bertz CT molecular complexity index is 503. The molecule has 0 saturated carbocycles. The van der Waals surface area contributed by atoms with Crippen molar-refractivity contribution in [1.29, 1.82) is 0 Å². The highest BCUT2D eigenvalue weighted by molar-refractivity contribution is 7.05. The molecule has 0 saturated heterocycles. The van der Waals surface area contributed by atoms with E-state index in [-0.39, 0.29) is 18.4 Å². The van der Waals surface area contributed by atoms with Gasteiger partial charge in [-0.05, 0) is 30.6 Å². The molecule has 2 rings (SSSR count). The normalized spacial score (nSPS) is 11.9. The van der Waals surface area contributed by atoms with Crippen LogP contribution >= 0.6 is 23.9 Å². The van der Waals surface area contributed by atoms with E-state index in [0.717, 1.165) is 16.3 Å². The van der Waals surface area contributed by atoms with Gasteiger partial charge in [-0.25, -0.2) is 4.98 Å². The zero-order valence-electron chi connectivity index (χ0n) is 10.2. The van der Waals surface area contributed by atoms with E-state index in [1.807, 2.05) is 19.1 Å². The fraction of sp³-hybridized carbons (Fsp3) is 0.364. The van der Waals surface area contributed by atoms with Crippen LogP contribution in [0.4, 0.5) is 0 Å². The summed E-state index contributed by atoms with van der Waals surface area (Å²) in [4.78, 5) is 8.59. The van der Waals surface area contributed by atoms with Crippen molar-refractivity contribution in [2.24, 2.45) is 5.73 Å². The van der Waals surface area contributed by atoms with E-state index in [9.17, 15) is 0 Å². The van der Waals surface area contributed by atoms with Crippen LogP contribution in [0.2, 0.25) is 0 Å². The van der Waals surface area contributed by atoms with Crippen LogP contribution in [0.1, 0.15) is 23.7 Å². The monoisotopic (exact) mass is 286 g/mol. The third-order valence-corrected chi connectivity index (χ3v) is 3.11. The van der Waals surface area contributed by atoms with E-state index < -0.39 is 0 Å². The molecule has 0 aromatic carbocycles. The summed E-state index contributed by atoms with van der Waals surface area (Å²) in [5.74, 6) is 0.696. The molecule has 2 aromatic rings. The molecule has 0 radical (unpaired) electrons. The molecular weight excluding hydrogens is 272 g/mol. The Kier molecular flexibility index (Phi) is 5.61. The Morgan fingerprint density at radius 1 is 1.50 bits per heavy atom. The number of hydrogen-bond acceptors (Lipinski definition) is 6. The minimum absolute atomic E-state index is 0. The maximum atomic E-state index is 5.76. The van der Waals surface area contributed by atoms with Crippen LogP contribution < -0.4 is 5.73 Å². The zero-order valence-corrected chi connectivity index (χ0v) is 11.8. The van der Waals surface area contributed by atoms with Crippen molar-refractivity contribution in [3.05, 3.63) is 29.0 Å². The Morgan fingerprint density at radius 2 is 2.28 bits per heavy atom. The summed E-state index contributed by atoms with van der Waals surface area (Å²) in [5.41, 5.74) is 7.56. The Hall–Kier alpha value is -1.08. The third kappa shape index (κ3) is 3.46. The summed E-state index contributed by atoms with van der Waals surface area (Å²) in [5, 5.41) is 0.838. The maximum absolute atomic E-state index is 5.76. The predicted molar refractivity (Wildman–Crippen MR) is 73.7 cm³/mol. The molecule has 5 nitrogen and oxygen atoms in total. The Labute approximate surface area is 116 Å². The van der Waals surface area contributed by atoms with Gasteiger partial charge in [-0.2, -0.15) is 4.37 Å². The van der Waals surface area contributed by atoms with E-state index in [1.54, 1.807) is 13.3 Å². The van der Waals surface area contributed by atoms with Crippen LogP contribution in [0.5, 0.6) is 0 Å². The Balaban J connectivity index is 0.00000162. The Morgan fingerprint density at radius 3 is 2.89 bits per heavy atom. The lowest BCUT2D eigenvalue weighted by molar-refractivity contribution is 0.181. The number of ether oxygens (including phenoxy) is 1. The molecule has 7 heteroatoms. The predicted octanol–water partition coefficient (Wildman–Crippen LogP) is 2.19. The first-order valence-electron chi connectivity index (χ1n) is 5.24. The van der Waals surface area contributed by atoms with Crippen LogP contribution in [0, 0.1) is 0 Å². The lowest BCUT2D eigenvalue weighted by atomic mass is 10.2. The van der Waals surface area contributed by atoms with Gasteiger partial charge in [-0.3, -0.25) is 4.98 Å². The van der Waals surface area contributed by atoms with Crippen LogP contribution in [-0.4, -0.2) is 21.5 Å². The second-order valence-electron chi connectivity index (χ2n) is 3.71. The molecule has 2 heterocycles. The lowest BCUT2D eigenvalue weighted by Crippen LogP contribution is -2.03. The van der Waals surface area contributed by atoms with Crippen molar-refractivity contribution in [2.45, 2.75) is 19.6 Å². The summed E-state index contributed by atoms with van der Waals surface area (Å²) in [7, 11) is 1.64. The molecule has 0 bridgehead atoms. The summed E-state index contributed by atoms with van der Waals surface area (Å²) in [6.07, 6.45) is 1.73. The number of halogens is 1. The van der Waals surface area contributed by atoms with E-state index in [4.69, 9.17) is 10.5 Å². The maximum Gasteiger partial charge on any atom is 0.173 e. The van der Waals surface area contributed by atoms with Crippen molar-refractivity contribution in [1.82, 2.24) is 14.3 Å². The molecule has 0 spiro atoms. The van der Waals surface area contributed by atoms with Gasteiger partial charge in [-0.15, -0.1) is 12.4 Å². The van der Waals surface area contributed by atoms with Crippen molar-refractivity contribution < 1.29 is 4.74 Å². The first-order chi connectivity index (χ1) is 8.20. The molecule has 0 aliphatic carbocycles. The van der Waals surface area contributed by atoms with Crippen LogP contribution in [0.3, 0.4) is 0 Å². The number of nitrogens with two attached hydrogens (primary N) is 1. The lowest BCUT2D eigenvalue weighted by Gasteiger charge is -2.00. The third-order valence-electron chi connectivity index (χ3n) is 2.20.